The van der Waals surface area contributed by atoms with Gasteiger partial charge in [0.15, 0.2) is 0 Å². The molecule has 0 aliphatic carbocycles. The summed E-state index contributed by atoms with van der Waals surface area (Å²) in [6, 6.07) is 0. The Balaban J connectivity index is 2.34. The fourth-order valence-electron chi connectivity index (χ4n) is 1.56. The van der Waals surface area contributed by atoms with Crippen LogP contribution < -0.4 is 5.73 Å². The van der Waals surface area contributed by atoms with Crippen molar-refractivity contribution in [2.24, 2.45) is 5.73 Å². The highest BCUT2D eigenvalue weighted by molar-refractivity contribution is 5.75. The van der Waals surface area contributed by atoms with Crippen LogP contribution in [0.5, 0.6) is 0 Å². The molecule has 1 aliphatic rings. The summed E-state index contributed by atoms with van der Waals surface area (Å²) in [5, 5.41) is 0. The largest absolute Gasteiger partial charge is 0.444 e. The number of rotatable bonds is 3. The molecule has 1 atom stereocenters. The molecule has 6 heteroatoms. The first-order valence-corrected chi connectivity index (χ1v) is 5.66. The topological polar surface area (TPSA) is 81.9 Å². The summed E-state index contributed by atoms with van der Waals surface area (Å²) in [4.78, 5) is 23.8. The van der Waals surface area contributed by atoms with E-state index in [4.69, 9.17) is 15.2 Å². The third-order valence-corrected chi connectivity index (χ3v) is 2.26. The number of likely N-dealkylation sites (tertiary alicyclic amines) is 1. The zero-order valence-corrected chi connectivity index (χ0v) is 10.6. The predicted molar refractivity (Wildman–Crippen MR) is 61.4 cm³/mol. The Labute approximate surface area is 101 Å². The third kappa shape index (κ3) is 5.04. The molecule has 0 bridgehead atoms. The van der Waals surface area contributed by atoms with Gasteiger partial charge in [0.2, 0.25) is 5.91 Å². The summed E-state index contributed by atoms with van der Waals surface area (Å²) in [6.07, 6.45) is 0.227. The first-order valence-electron chi connectivity index (χ1n) is 5.66. The Morgan fingerprint density at radius 2 is 2.06 bits per heavy atom. The van der Waals surface area contributed by atoms with Gasteiger partial charge in [-0.15, -0.1) is 0 Å². The lowest BCUT2D eigenvalue weighted by Crippen LogP contribution is -2.36. The van der Waals surface area contributed by atoms with E-state index in [1.807, 2.05) is 20.8 Å². The number of nitrogens with zero attached hydrogens (tertiary/aromatic N) is 1. The van der Waals surface area contributed by atoms with E-state index in [1.165, 1.54) is 0 Å². The van der Waals surface area contributed by atoms with Crippen LogP contribution in [0.25, 0.3) is 0 Å². The van der Waals surface area contributed by atoms with E-state index in [0.717, 1.165) is 0 Å². The van der Waals surface area contributed by atoms with Crippen molar-refractivity contribution in [3.05, 3.63) is 0 Å². The van der Waals surface area contributed by atoms with Crippen molar-refractivity contribution in [2.75, 3.05) is 19.7 Å². The molecule has 0 unspecified atom stereocenters. The van der Waals surface area contributed by atoms with Crippen LogP contribution in [0, 0.1) is 0 Å². The molecule has 0 aromatic heterocycles. The van der Waals surface area contributed by atoms with Crippen LogP contribution in [-0.2, 0) is 14.3 Å². The number of primary amides is 1. The lowest BCUT2D eigenvalue weighted by molar-refractivity contribution is -0.124. The molecule has 0 aromatic rings. The van der Waals surface area contributed by atoms with E-state index in [-0.39, 0.29) is 18.8 Å². The maximum Gasteiger partial charge on any atom is 0.410 e. The van der Waals surface area contributed by atoms with Crippen LogP contribution in [0.2, 0.25) is 0 Å². The van der Waals surface area contributed by atoms with Crippen LogP contribution in [0.3, 0.4) is 0 Å². The van der Waals surface area contributed by atoms with Crippen molar-refractivity contribution in [2.45, 2.75) is 38.9 Å². The molecule has 17 heavy (non-hydrogen) atoms. The van der Waals surface area contributed by atoms with Crippen molar-refractivity contribution in [3.8, 4) is 0 Å². The van der Waals surface area contributed by atoms with Gasteiger partial charge in [-0.25, -0.2) is 4.79 Å². The number of nitrogens with two attached hydrogens (primary N) is 1. The maximum atomic E-state index is 11.7. The number of ether oxygens (including phenoxy) is 2. The van der Waals surface area contributed by atoms with E-state index in [9.17, 15) is 9.59 Å². The number of carbonyl (C=O) groups is 2. The first-order chi connectivity index (χ1) is 7.78. The summed E-state index contributed by atoms with van der Waals surface area (Å²) in [7, 11) is 0. The quantitative estimate of drug-likeness (QED) is 0.783. The average Bonchev–Trinajstić information content (AvgIpc) is 2.60. The van der Waals surface area contributed by atoms with Gasteiger partial charge < -0.3 is 20.1 Å². The highest BCUT2D eigenvalue weighted by Crippen LogP contribution is 2.16. The molecule has 0 radical (unpaired) electrons. The maximum absolute atomic E-state index is 11.7. The predicted octanol–water partition coefficient (Wildman–Crippen LogP) is 0.498. The fraction of sp³-hybridized carbons (Fsp3) is 0.818. The standard InChI is InChI=1S/C11H20N2O4/c1-11(2,3)17-10(15)13-5-4-8(6-13)16-7-9(12)14/h8H,4-7H2,1-3H3,(H2,12,14)/t8-/m1/s1. The normalized spacial score (nSPS) is 20.4. The van der Waals surface area contributed by atoms with E-state index >= 15 is 0 Å². The van der Waals surface area contributed by atoms with E-state index in [2.05, 4.69) is 0 Å². The monoisotopic (exact) mass is 244 g/mol. The molecule has 6 nitrogen and oxygen atoms in total. The van der Waals surface area contributed by atoms with Crippen LogP contribution in [-0.4, -0.2) is 48.3 Å². The van der Waals surface area contributed by atoms with Crippen molar-refractivity contribution in [1.29, 1.82) is 0 Å². The molecule has 2 amide bonds. The smallest absolute Gasteiger partial charge is 0.410 e. The number of hydrogen-bond acceptors (Lipinski definition) is 4. The zero-order chi connectivity index (χ0) is 13.1. The van der Waals surface area contributed by atoms with Crippen LogP contribution in [0.4, 0.5) is 4.79 Å². The van der Waals surface area contributed by atoms with Gasteiger partial charge in [0, 0.05) is 6.54 Å². The van der Waals surface area contributed by atoms with Gasteiger partial charge in [-0.2, -0.15) is 0 Å². The second kappa shape index (κ2) is 5.35. The summed E-state index contributed by atoms with van der Waals surface area (Å²) >= 11 is 0. The molecular weight excluding hydrogens is 224 g/mol. The van der Waals surface area contributed by atoms with Gasteiger partial charge in [0.25, 0.3) is 0 Å². The minimum atomic E-state index is -0.499. The molecule has 1 heterocycles. The highest BCUT2D eigenvalue weighted by atomic mass is 16.6. The van der Waals surface area contributed by atoms with Gasteiger partial charge in [0.1, 0.15) is 12.2 Å². The highest BCUT2D eigenvalue weighted by Gasteiger charge is 2.30. The van der Waals surface area contributed by atoms with Gasteiger partial charge in [-0.1, -0.05) is 0 Å². The van der Waals surface area contributed by atoms with Crippen molar-refractivity contribution in [1.82, 2.24) is 4.90 Å². The van der Waals surface area contributed by atoms with Gasteiger partial charge in [-0.05, 0) is 27.2 Å². The van der Waals surface area contributed by atoms with Crippen molar-refractivity contribution < 1.29 is 19.1 Å². The third-order valence-electron chi connectivity index (χ3n) is 2.26. The molecule has 0 saturated carbocycles. The molecule has 1 saturated heterocycles. The molecule has 2 N–H and O–H groups in total. The molecule has 98 valence electrons. The van der Waals surface area contributed by atoms with E-state index in [1.54, 1.807) is 4.90 Å². The van der Waals surface area contributed by atoms with Gasteiger partial charge in [-0.3, -0.25) is 4.79 Å². The second-order valence-corrected chi connectivity index (χ2v) is 5.11. The van der Waals surface area contributed by atoms with Crippen LogP contribution in [0.1, 0.15) is 27.2 Å². The Morgan fingerprint density at radius 1 is 1.41 bits per heavy atom. The minimum absolute atomic E-state index is 0.104. The average molecular weight is 244 g/mol. The zero-order valence-electron chi connectivity index (χ0n) is 10.6. The van der Waals surface area contributed by atoms with Crippen molar-refractivity contribution in [3.63, 3.8) is 0 Å². The Morgan fingerprint density at radius 3 is 2.59 bits per heavy atom. The number of hydrogen-bond donors (Lipinski definition) is 1. The van der Waals surface area contributed by atoms with Crippen LogP contribution in [0.15, 0.2) is 0 Å². The molecular formula is C11H20N2O4. The number of amides is 2. The Kier molecular flexibility index (Phi) is 4.34. The summed E-state index contributed by atoms with van der Waals surface area (Å²) in [5.41, 5.74) is 4.48. The summed E-state index contributed by atoms with van der Waals surface area (Å²) in [5.74, 6) is -0.499. The summed E-state index contributed by atoms with van der Waals surface area (Å²) < 4.78 is 10.5. The van der Waals surface area contributed by atoms with E-state index < -0.39 is 11.5 Å². The lowest BCUT2D eigenvalue weighted by atomic mass is 10.2. The minimum Gasteiger partial charge on any atom is -0.444 e. The molecule has 1 aliphatic heterocycles. The molecule has 0 spiro atoms. The van der Waals surface area contributed by atoms with E-state index in [0.29, 0.717) is 19.5 Å². The Hall–Kier alpha value is -1.30. The number of carbonyl (C=O) groups excluding carboxylic acids is 2. The SMILES string of the molecule is CC(C)(C)OC(=O)N1CC[C@@H](OCC(N)=O)C1. The van der Waals surface area contributed by atoms with Crippen molar-refractivity contribution >= 4 is 12.0 Å². The fourth-order valence-corrected chi connectivity index (χ4v) is 1.56. The van der Waals surface area contributed by atoms with Gasteiger partial charge in [0.05, 0.1) is 12.6 Å². The molecule has 1 rings (SSSR count). The molecule has 1 fully saturated rings. The summed E-state index contributed by atoms with van der Waals surface area (Å²) in [6.45, 7) is 6.39. The first kappa shape index (κ1) is 13.8. The lowest BCUT2D eigenvalue weighted by Gasteiger charge is -2.24. The second-order valence-electron chi connectivity index (χ2n) is 5.11. The van der Waals surface area contributed by atoms with Gasteiger partial charge >= 0.3 is 6.09 Å². The molecule has 0 aromatic carbocycles. The Bertz CT molecular complexity index is 298. The van der Waals surface area contributed by atoms with Crippen LogP contribution >= 0.6 is 0 Å².